The summed E-state index contributed by atoms with van der Waals surface area (Å²) in [6.45, 7) is 0.215. The van der Waals surface area contributed by atoms with E-state index in [1.54, 1.807) is 0 Å². The van der Waals surface area contributed by atoms with Crippen LogP contribution in [0.15, 0.2) is 23.1 Å². The van der Waals surface area contributed by atoms with Crippen LogP contribution < -0.4 is 15.2 Å². The molecule has 1 amide bonds. The number of methoxy groups -OCH3 is 1. The summed E-state index contributed by atoms with van der Waals surface area (Å²) in [6, 6.07) is 2.83. The van der Waals surface area contributed by atoms with Gasteiger partial charge in [0.2, 0.25) is 10.0 Å². The number of ether oxygens (including phenoxy) is 2. The first kappa shape index (κ1) is 16.3. The molecule has 0 aliphatic rings. The number of nitrogens with one attached hydrogen (secondary N) is 1. The number of halogens is 1. The highest BCUT2D eigenvalue weighted by atomic mass is 32.2. The van der Waals surface area contributed by atoms with Crippen molar-refractivity contribution in [3.8, 4) is 5.75 Å². The quantitative estimate of drug-likeness (QED) is 0.667. The number of carbonyl (C=O) groups excluding carboxylic acids is 1. The van der Waals surface area contributed by atoms with E-state index in [-0.39, 0.29) is 5.75 Å². The molecule has 7 nitrogen and oxygen atoms in total. The van der Waals surface area contributed by atoms with Crippen LogP contribution in [0.5, 0.6) is 5.75 Å². The van der Waals surface area contributed by atoms with Gasteiger partial charge < -0.3 is 14.8 Å². The van der Waals surface area contributed by atoms with Crippen LogP contribution in [0.1, 0.15) is 0 Å². The van der Waals surface area contributed by atoms with E-state index >= 15 is 0 Å². The average molecular weight is 306 g/mol. The van der Waals surface area contributed by atoms with Crippen molar-refractivity contribution in [2.45, 2.75) is 4.90 Å². The Morgan fingerprint density at radius 2 is 2.15 bits per heavy atom. The molecule has 20 heavy (non-hydrogen) atoms. The topological polar surface area (TPSA) is 108 Å². The van der Waals surface area contributed by atoms with Crippen LogP contribution in [-0.2, 0) is 19.6 Å². The minimum absolute atomic E-state index is 0.184. The van der Waals surface area contributed by atoms with E-state index in [0.29, 0.717) is 13.2 Å². The lowest BCUT2D eigenvalue weighted by Gasteiger charge is -2.10. The molecule has 0 bridgehead atoms. The van der Waals surface area contributed by atoms with Gasteiger partial charge in [0.05, 0.1) is 6.61 Å². The Morgan fingerprint density at radius 3 is 2.75 bits per heavy atom. The third-order valence-electron chi connectivity index (χ3n) is 2.20. The van der Waals surface area contributed by atoms with Gasteiger partial charge in [-0.3, -0.25) is 4.79 Å². The number of sulfonamides is 1. The summed E-state index contributed by atoms with van der Waals surface area (Å²) >= 11 is 0. The van der Waals surface area contributed by atoms with E-state index in [9.17, 15) is 17.6 Å². The molecule has 0 atom stereocenters. The van der Waals surface area contributed by atoms with Crippen molar-refractivity contribution < 1.29 is 27.1 Å². The Labute approximate surface area is 115 Å². The van der Waals surface area contributed by atoms with Crippen molar-refractivity contribution in [1.29, 1.82) is 0 Å². The molecule has 1 aromatic carbocycles. The monoisotopic (exact) mass is 306 g/mol. The molecule has 0 saturated carbocycles. The first-order valence-electron chi connectivity index (χ1n) is 5.55. The van der Waals surface area contributed by atoms with E-state index in [1.807, 2.05) is 0 Å². The zero-order valence-electron chi connectivity index (χ0n) is 10.8. The number of carbonyl (C=O) groups is 1. The number of hydrogen-bond donors (Lipinski definition) is 2. The van der Waals surface area contributed by atoms with Crippen molar-refractivity contribution in [2.24, 2.45) is 5.14 Å². The Bertz CT molecular complexity index is 576. The summed E-state index contributed by atoms with van der Waals surface area (Å²) in [4.78, 5) is 10.9. The Kier molecular flexibility index (Phi) is 5.86. The molecular weight excluding hydrogens is 291 g/mol. The molecule has 1 rings (SSSR count). The fourth-order valence-corrected chi connectivity index (χ4v) is 1.99. The molecule has 0 saturated heterocycles. The first-order chi connectivity index (χ1) is 9.34. The van der Waals surface area contributed by atoms with Crippen molar-refractivity contribution >= 4 is 15.9 Å². The Morgan fingerprint density at radius 1 is 1.45 bits per heavy atom. The average Bonchev–Trinajstić information content (AvgIpc) is 2.36. The summed E-state index contributed by atoms with van der Waals surface area (Å²) in [5, 5.41) is 7.42. The largest absolute Gasteiger partial charge is 0.482 e. The van der Waals surface area contributed by atoms with Crippen molar-refractivity contribution in [2.75, 3.05) is 26.9 Å². The van der Waals surface area contributed by atoms with Gasteiger partial charge in [0.15, 0.2) is 6.61 Å². The molecule has 0 heterocycles. The van der Waals surface area contributed by atoms with Gasteiger partial charge in [-0.25, -0.2) is 17.9 Å². The van der Waals surface area contributed by atoms with Gasteiger partial charge in [0.25, 0.3) is 5.91 Å². The van der Waals surface area contributed by atoms with E-state index in [4.69, 9.17) is 14.6 Å². The molecule has 0 spiro atoms. The number of hydrogen-bond acceptors (Lipinski definition) is 5. The summed E-state index contributed by atoms with van der Waals surface area (Å²) in [5.41, 5.74) is 0. The van der Waals surface area contributed by atoms with E-state index in [0.717, 1.165) is 18.2 Å². The number of benzene rings is 1. The van der Waals surface area contributed by atoms with Gasteiger partial charge in [-0.05, 0) is 18.2 Å². The SMILES string of the molecule is COCCNC(=O)COc1ccc(F)cc1S(N)(=O)=O. The third-order valence-corrected chi connectivity index (χ3v) is 3.13. The molecule has 1 aromatic rings. The van der Waals surface area contributed by atoms with Crippen LogP contribution in [0.2, 0.25) is 0 Å². The lowest BCUT2D eigenvalue weighted by molar-refractivity contribution is -0.123. The minimum atomic E-state index is -4.14. The fourth-order valence-electron chi connectivity index (χ4n) is 1.31. The van der Waals surface area contributed by atoms with Crippen molar-refractivity contribution in [3.05, 3.63) is 24.0 Å². The lowest BCUT2D eigenvalue weighted by atomic mass is 10.3. The van der Waals surface area contributed by atoms with Gasteiger partial charge in [-0.2, -0.15) is 0 Å². The summed E-state index contributed by atoms with van der Waals surface area (Å²) < 4.78 is 45.3. The number of nitrogens with two attached hydrogens (primary N) is 1. The summed E-state index contributed by atoms with van der Waals surface area (Å²) in [7, 11) is -2.66. The van der Waals surface area contributed by atoms with Crippen LogP contribution in [0.25, 0.3) is 0 Å². The smallest absolute Gasteiger partial charge is 0.258 e. The van der Waals surface area contributed by atoms with Crippen LogP contribution in [-0.4, -0.2) is 41.2 Å². The Balaban J connectivity index is 2.71. The molecule has 112 valence electrons. The molecule has 3 N–H and O–H groups in total. The standard InChI is InChI=1S/C11H15FN2O5S/c1-18-5-4-14-11(15)7-19-9-3-2-8(12)6-10(9)20(13,16)17/h2-3,6H,4-5,7H2,1H3,(H,14,15)(H2,13,16,17). The number of primary sulfonamides is 1. The molecular formula is C11H15FN2O5S. The maximum atomic E-state index is 13.0. The van der Waals surface area contributed by atoms with Crippen molar-refractivity contribution in [3.63, 3.8) is 0 Å². The lowest BCUT2D eigenvalue weighted by Crippen LogP contribution is -2.31. The second-order valence-corrected chi connectivity index (χ2v) is 5.30. The van der Waals surface area contributed by atoms with E-state index < -0.39 is 33.3 Å². The van der Waals surface area contributed by atoms with E-state index in [1.165, 1.54) is 7.11 Å². The zero-order chi connectivity index (χ0) is 15.2. The molecule has 0 aliphatic heterocycles. The molecule has 9 heteroatoms. The summed E-state index contributed by atoms with van der Waals surface area (Å²) in [6.07, 6.45) is 0. The second kappa shape index (κ2) is 7.17. The van der Waals surface area contributed by atoms with Gasteiger partial charge in [0, 0.05) is 13.7 Å². The normalized spacial score (nSPS) is 11.2. The van der Waals surface area contributed by atoms with Gasteiger partial charge in [-0.1, -0.05) is 0 Å². The predicted octanol–water partition coefficient (Wildman–Crippen LogP) is -0.385. The van der Waals surface area contributed by atoms with Gasteiger partial charge in [0.1, 0.15) is 16.5 Å². The van der Waals surface area contributed by atoms with Crippen molar-refractivity contribution in [1.82, 2.24) is 5.32 Å². The maximum Gasteiger partial charge on any atom is 0.258 e. The van der Waals surface area contributed by atoms with Gasteiger partial charge in [-0.15, -0.1) is 0 Å². The van der Waals surface area contributed by atoms with Crippen LogP contribution in [0, 0.1) is 5.82 Å². The van der Waals surface area contributed by atoms with Crippen LogP contribution >= 0.6 is 0 Å². The summed E-state index contributed by atoms with van der Waals surface area (Å²) in [5.74, 6) is -1.42. The highest BCUT2D eigenvalue weighted by Gasteiger charge is 2.17. The molecule has 0 unspecified atom stereocenters. The molecule has 0 aromatic heterocycles. The highest BCUT2D eigenvalue weighted by Crippen LogP contribution is 2.23. The highest BCUT2D eigenvalue weighted by molar-refractivity contribution is 7.89. The van der Waals surface area contributed by atoms with Crippen LogP contribution in [0.3, 0.4) is 0 Å². The minimum Gasteiger partial charge on any atom is -0.482 e. The zero-order valence-corrected chi connectivity index (χ0v) is 11.6. The molecule has 0 aliphatic carbocycles. The Hall–Kier alpha value is -1.71. The second-order valence-electron chi connectivity index (χ2n) is 3.77. The maximum absolute atomic E-state index is 13.0. The molecule has 0 radical (unpaired) electrons. The van der Waals surface area contributed by atoms with Gasteiger partial charge >= 0.3 is 0 Å². The fraction of sp³-hybridized carbons (Fsp3) is 0.364. The van der Waals surface area contributed by atoms with Crippen LogP contribution in [0.4, 0.5) is 4.39 Å². The third kappa shape index (κ3) is 5.11. The van der Waals surface area contributed by atoms with E-state index in [2.05, 4.69) is 5.32 Å². The predicted molar refractivity (Wildman–Crippen MR) is 68.2 cm³/mol. The molecule has 0 fully saturated rings. The first-order valence-corrected chi connectivity index (χ1v) is 7.10. The number of amides is 1. The number of rotatable bonds is 7.